The number of carbonyl (C=O) groups is 1. The molecule has 0 saturated heterocycles. The number of imidazole rings is 1. The molecule has 0 saturated carbocycles. The van der Waals surface area contributed by atoms with Gasteiger partial charge in [0.1, 0.15) is 0 Å². The van der Waals surface area contributed by atoms with Crippen molar-refractivity contribution in [1.29, 1.82) is 0 Å². The molecule has 0 aromatic carbocycles. The van der Waals surface area contributed by atoms with Crippen LogP contribution in [0, 0.1) is 0 Å². The highest BCUT2D eigenvalue weighted by Gasteiger charge is 2.22. The Hall–Kier alpha value is -1.36. The van der Waals surface area contributed by atoms with E-state index in [4.69, 9.17) is 0 Å². The molecule has 0 aliphatic heterocycles. The largest absolute Gasteiger partial charge is 0.354 e. The molecule has 102 valence electrons. The fourth-order valence-corrected chi connectivity index (χ4v) is 1.76. The number of amides is 1. The first-order valence-electron chi connectivity index (χ1n) is 6.35. The minimum atomic E-state index is -0.148. The van der Waals surface area contributed by atoms with E-state index in [9.17, 15) is 4.79 Å². The van der Waals surface area contributed by atoms with Crippen molar-refractivity contribution in [3.63, 3.8) is 0 Å². The molecule has 0 aliphatic rings. The Labute approximate surface area is 109 Å². The van der Waals surface area contributed by atoms with Gasteiger partial charge in [-0.3, -0.25) is 4.79 Å². The van der Waals surface area contributed by atoms with Crippen molar-refractivity contribution in [3.05, 3.63) is 18.2 Å². The van der Waals surface area contributed by atoms with Crippen molar-refractivity contribution in [2.24, 2.45) is 0 Å². The smallest absolute Gasteiger partial charge is 0.221 e. The molecule has 2 N–H and O–H groups in total. The van der Waals surface area contributed by atoms with Crippen LogP contribution >= 0.6 is 0 Å². The summed E-state index contributed by atoms with van der Waals surface area (Å²) in [5, 5.41) is 6.13. The van der Waals surface area contributed by atoms with Crippen LogP contribution in [0.1, 0.15) is 39.8 Å². The van der Waals surface area contributed by atoms with Gasteiger partial charge in [-0.25, -0.2) is 4.98 Å². The molecule has 5 nitrogen and oxygen atoms in total. The quantitative estimate of drug-likeness (QED) is 0.801. The van der Waals surface area contributed by atoms with Gasteiger partial charge in [-0.15, -0.1) is 0 Å². The molecule has 18 heavy (non-hydrogen) atoms. The molecule has 0 spiro atoms. The van der Waals surface area contributed by atoms with Gasteiger partial charge in [0.2, 0.25) is 5.91 Å². The van der Waals surface area contributed by atoms with E-state index in [0.29, 0.717) is 13.0 Å². The molecular weight excluding hydrogens is 228 g/mol. The number of nitrogens with one attached hydrogen (secondary N) is 2. The average molecular weight is 252 g/mol. The molecule has 1 heterocycles. The van der Waals surface area contributed by atoms with Crippen molar-refractivity contribution in [1.82, 2.24) is 20.2 Å². The lowest BCUT2D eigenvalue weighted by Gasteiger charge is -2.25. The lowest BCUT2D eigenvalue weighted by Crippen LogP contribution is -2.36. The van der Waals surface area contributed by atoms with E-state index in [1.807, 2.05) is 31.7 Å². The standard InChI is InChI=1S/C13H24N4O/c1-10(2)16-12(18)6-7-17-9-15-8-11(17)13(3,4)14-5/h8-10,14H,6-7H2,1-5H3,(H,16,18). The lowest BCUT2D eigenvalue weighted by molar-refractivity contribution is -0.121. The second-order valence-corrected chi connectivity index (χ2v) is 5.32. The summed E-state index contributed by atoms with van der Waals surface area (Å²) in [6.45, 7) is 8.76. The third-order valence-electron chi connectivity index (χ3n) is 3.01. The van der Waals surface area contributed by atoms with E-state index >= 15 is 0 Å². The Kier molecular flexibility index (Phi) is 4.90. The Morgan fingerprint density at radius 3 is 2.72 bits per heavy atom. The van der Waals surface area contributed by atoms with Gasteiger partial charge in [0.05, 0.1) is 17.6 Å². The van der Waals surface area contributed by atoms with E-state index in [2.05, 4.69) is 29.5 Å². The molecule has 1 amide bonds. The minimum Gasteiger partial charge on any atom is -0.354 e. The minimum absolute atomic E-state index is 0.0758. The van der Waals surface area contributed by atoms with Crippen LogP contribution in [0.5, 0.6) is 0 Å². The highest BCUT2D eigenvalue weighted by atomic mass is 16.1. The predicted molar refractivity (Wildman–Crippen MR) is 72.2 cm³/mol. The number of aryl methyl sites for hydroxylation is 1. The summed E-state index contributed by atoms with van der Waals surface area (Å²) in [4.78, 5) is 15.8. The number of hydrogen-bond acceptors (Lipinski definition) is 3. The van der Waals surface area contributed by atoms with E-state index < -0.39 is 0 Å². The molecule has 0 radical (unpaired) electrons. The van der Waals surface area contributed by atoms with Crippen LogP contribution in [-0.4, -0.2) is 28.5 Å². The summed E-state index contributed by atoms with van der Waals surface area (Å²) < 4.78 is 2.02. The molecule has 0 bridgehead atoms. The molecule has 0 unspecified atom stereocenters. The molecule has 1 rings (SSSR count). The Morgan fingerprint density at radius 2 is 2.17 bits per heavy atom. The molecule has 5 heteroatoms. The third kappa shape index (κ3) is 3.84. The molecule has 1 aromatic rings. The van der Waals surface area contributed by atoms with Gasteiger partial charge in [0.15, 0.2) is 0 Å². The highest BCUT2D eigenvalue weighted by molar-refractivity contribution is 5.76. The monoisotopic (exact) mass is 252 g/mol. The Balaban J connectivity index is 2.64. The second-order valence-electron chi connectivity index (χ2n) is 5.32. The van der Waals surface area contributed by atoms with Gasteiger partial charge in [-0.2, -0.15) is 0 Å². The maximum absolute atomic E-state index is 11.6. The zero-order chi connectivity index (χ0) is 13.8. The van der Waals surface area contributed by atoms with E-state index in [0.717, 1.165) is 5.69 Å². The third-order valence-corrected chi connectivity index (χ3v) is 3.01. The van der Waals surface area contributed by atoms with Gasteiger partial charge in [-0.1, -0.05) is 0 Å². The van der Waals surface area contributed by atoms with Crippen LogP contribution < -0.4 is 10.6 Å². The summed E-state index contributed by atoms with van der Waals surface area (Å²) in [6.07, 6.45) is 4.09. The fraction of sp³-hybridized carbons (Fsp3) is 0.692. The van der Waals surface area contributed by atoms with Gasteiger partial charge in [0, 0.05) is 25.2 Å². The van der Waals surface area contributed by atoms with Gasteiger partial charge < -0.3 is 15.2 Å². The van der Waals surface area contributed by atoms with Gasteiger partial charge >= 0.3 is 0 Å². The predicted octanol–water partition coefficient (Wildman–Crippen LogP) is 1.25. The molecular formula is C13H24N4O. The molecule has 0 fully saturated rings. The normalized spacial score (nSPS) is 11.9. The number of hydrogen-bond donors (Lipinski definition) is 2. The summed E-state index contributed by atoms with van der Waals surface area (Å²) in [6, 6.07) is 0.188. The molecule has 1 aromatic heterocycles. The first-order chi connectivity index (χ1) is 8.36. The zero-order valence-electron chi connectivity index (χ0n) is 11.9. The fourth-order valence-electron chi connectivity index (χ4n) is 1.76. The lowest BCUT2D eigenvalue weighted by atomic mass is 10.0. The van der Waals surface area contributed by atoms with Crippen LogP contribution in [0.4, 0.5) is 0 Å². The summed E-state index contributed by atoms with van der Waals surface area (Å²) in [5.74, 6) is 0.0758. The summed E-state index contributed by atoms with van der Waals surface area (Å²) in [5.41, 5.74) is 0.938. The van der Waals surface area contributed by atoms with Crippen molar-refractivity contribution in [2.45, 2.75) is 52.2 Å². The van der Waals surface area contributed by atoms with Crippen molar-refractivity contribution in [2.75, 3.05) is 7.05 Å². The molecule has 0 aliphatic carbocycles. The van der Waals surface area contributed by atoms with Gasteiger partial charge in [-0.05, 0) is 34.7 Å². The number of rotatable bonds is 6. The van der Waals surface area contributed by atoms with E-state index in [-0.39, 0.29) is 17.5 Å². The van der Waals surface area contributed by atoms with Crippen molar-refractivity contribution in [3.8, 4) is 0 Å². The van der Waals surface area contributed by atoms with Crippen molar-refractivity contribution >= 4 is 5.91 Å². The van der Waals surface area contributed by atoms with Crippen LogP contribution in [0.2, 0.25) is 0 Å². The van der Waals surface area contributed by atoms with E-state index in [1.165, 1.54) is 0 Å². The topological polar surface area (TPSA) is 59.0 Å². The Bertz CT molecular complexity index is 395. The first kappa shape index (κ1) is 14.7. The summed E-state index contributed by atoms with van der Waals surface area (Å²) >= 11 is 0. The second kappa shape index (κ2) is 6.00. The van der Waals surface area contributed by atoms with Crippen LogP contribution in [0.15, 0.2) is 12.5 Å². The number of nitrogens with zero attached hydrogens (tertiary/aromatic N) is 2. The van der Waals surface area contributed by atoms with Gasteiger partial charge in [0.25, 0.3) is 0 Å². The number of aromatic nitrogens is 2. The van der Waals surface area contributed by atoms with Crippen molar-refractivity contribution < 1.29 is 4.79 Å². The first-order valence-corrected chi connectivity index (χ1v) is 6.35. The average Bonchev–Trinajstić information content (AvgIpc) is 2.74. The SMILES string of the molecule is CNC(C)(C)c1cncn1CCC(=O)NC(C)C. The highest BCUT2D eigenvalue weighted by Crippen LogP contribution is 2.18. The van der Waals surface area contributed by atoms with E-state index in [1.54, 1.807) is 6.33 Å². The van der Waals surface area contributed by atoms with Crippen LogP contribution in [0.25, 0.3) is 0 Å². The Morgan fingerprint density at radius 1 is 1.50 bits per heavy atom. The summed E-state index contributed by atoms with van der Waals surface area (Å²) in [7, 11) is 1.92. The maximum atomic E-state index is 11.6. The number of carbonyl (C=O) groups excluding carboxylic acids is 1. The molecule has 0 atom stereocenters. The maximum Gasteiger partial charge on any atom is 0.221 e. The van der Waals surface area contributed by atoms with Crippen LogP contribution in [-0.2, 0) is 16.9 Å². The van der Waals surface area contributed by atoms with Crippen LogP contribution in [0.3, 0.4) is 0 Å². The zero-order valence-corrected chi connectivity index (χ0v) is 11.9.